The summed E-state index contributed by atoms with van der Waals surface area (Å²) in [4.78, 5) is 42.9. The van der Waals surface area contributed by atoms with Crippen LogP contribution in [0, 0.1) is 0 Å². The molecule has 2 N–H and O–H groups in total. The van der Waals surface area contributed by atoms with Gasteiger partial charge in [0.05, 0.1) is 0 Å². The van der Waals surface area contributed by atoms with Crippen molar-refractivity contribution in [2.75, 3.05) is 27.2 Å². The number of nitrogens with one attached hydrogen (secondary N) is 1. The van der Waals surface area contributed by atoms with Gasteiger partial charge in [-0.15, -0.1) is 0 Å². The average molecular weight is 570 g/mol. The summed E-state index contributed by atoms with van der Waals surface area (Å²) in [5.41, 5.74) is 4.24. The lowest BCUT2D eigenvalue weighted by molar-refractivity contribution is -0.161. The van der Waals surface area contributed by atoms with Crippen LogP contribution in [0.15, 0.2) is 78.9 Å². The summed E-state index contributed by atoms with van der Waals surface area (Å²) in [7, 11) is 3.42. The lowest BCUT2D eigenvalue weighted by atomic mass is 9.80. The van der Waals surface area contributed by atoms with Gasteiger partial charge in [0.25, 0.3) is 0 Å². The van der Waals surface area contributed by atoms with E-state index >= 15 is 0 Å². The Labute approximate surface area is 247 Å². The molecule has 0 heterocycles. The van der Waals surface area contributed by atoms with Gasteiger partial charge < -0.3 is 20.1 Å². The monoisotopic (exact) mass is 569 g/mol. The van der Waals surface area contributed by atoms with Gasteiger partial charge in [0.1, 0.15) is 18.2 Å². The van der Waals surface area contributed by atoms with Crippen LogP contribution in [0.5, 0.6) is 0 Å². The number of alkyl carbamates (subject to hydrolysis) is 1. The van der Waals surface area contributed by atoms with Crippen LogP contribution in [0.3, 0.4) is 0 Å². The Morgan fingerprint density at radius 2 is 1.45 bits per heavy atom. The van der Waals surface area contributed by atoms with E-state index in [0.29, 0.717) is 19.4 Å². The maximum Gasteiger partial charge on any atom is 0.407 e. The minimum absolute atomic E-state index is 0.113. The van der Waals surface area contributed by atoms with Gasteiger partial charge in [-0.25, -0.2) is 9.59 Å². The van der Waals surface area contributed by atoms with Gasteiger partial charge in [0.2, 0.25) is 5.91 Å². The molecule has 0 aromatic heterocycles. The van der Waals surface area contributed by atoms with Gasteiger partial charge in [0.15, 0.2) is 0 Å². The van der Waals surface area contributed by atoms with Crippen LogP contribution in [0.25, 0.3) is 11.1 Å². The summed E-state index contributed by atoms with van der Waals surface area (Å²) in [5, 5.41) is 13.0. The first-order valence-electron chi connectivity index (χ1n) is 14.7. The highest BCUT2D eigenvalue weighted by atomic mass is 16.5. The van der Waals surface area contributed by atoms with Crippen LogP contribution < -0.4 is 5.32 Å². The molecule has 42 heavy (non-hydrogen) atoms. The number of likely N-dealkylation sites (N-methyl/N-ethyl adjacent to an activating group) is 2. The fourth-order valence-corrected chi connectivity index (χ4v) is 6.51. The molecular weight excluding hydrogens is 530 g/mol. The summed E-state index contributed by atoms with van der Waals surface area (Å²) in [6.07, 6.45) is 2.50. The molecule has 220 valence electrons. The third-order valence-corrected chi connectivity index (χ3v) is 8.77. The molecule has 1 fully saturated rings. The first kappa shape index (κ1) is 29.3. The number of hydrogen-bond acceptors (Lipinski definition) is 5. The molecule has 3 aromatic rings. The summed E-state index contributed by atoms with van der Waals surface area (Å²) in [5.74, 6) is -1.55. The zero-order valence-corrected chi connectivity index (χ0v) is 24.3. The molecule has 0 radical (unpaired) electrons. The fourth-order valence-electron chi connectivity index (χ4n) is 6.51. The standard InChI is InChI=1S/C34H39N3O5/c1-36(21-24-13-5-3-6-14-24)22-30(31(38)37(2)34(32(39)40)19-11-4-12-20-34)35-33(41)42-23-29-27-17-9-7-15-25(27)26-16-8-10-18-28(26)29/h3,5-10,13-18,29-30H,4,11-12,19-23H2,1-2H3,(H,35,41)(H,39,40). The quantitative estimate of drug-likeness (QED) is 0.345. The number of aliphatic carboxylic acids is 1. The number of ether oxygens (including phenoxy) is 1. The SMILES string of the molecule is CN(Cc1ccccc1)CC(NC(=O)OCC1c2ccccc2-c2ccccc21)C(=O)N(C)C1(C(=O)O)CCCCC1. The van der Waals surface area contributed by atoms with Gasteiger partial charge in [-0.1, -0.05) is 98.1 Å². The van der Waals surface area contributed by atoms with Crippen LogP contribution in [0.1, 0.15) is 54.7 Å². The number of amides is 2. The van der Waals surface area contributed by atoms with E-state index in [9.17, 15) is 19.5 Å². The van der Waals surface area contributed by atoms with Gasteiger partial charge >= 0.3 is 12.1 Å². The third-order valence-electron chi connectivity index (χ3n) is 8.77. The second kappa shape index (κ2) is 12.8. The zero-order chi connectivity index (χ0) is 29.7. The lowest BCUT2D eigenvalue weighted by Crippen LogP contribution is -2.62. The van der Waals surface area contributed by atoms with E-state index < -0.39 is 29.6 Å². The normalized spacial score (nSPS) is 16.3. The first-order valence-corrected chi connectivity index (χ1v) is 14.7. The molecule has 0 saturated heterocycles. The van der Waals surface area contributed by atoms with Gasteiger partial charge in [-0.05, 0) is 47.7 Å². The Kier molecular flexibility index (Phi) is 8.92. The van der Waals surface area contributed by atoms with E-state index in [1.54, 1.807) is 7.05 Å². The molecule has 0 spiro atoms. The number of carboxylic acid groups (broad SMARTS) is 1. The number of nitrogens with zero attached hydrogens (tertiary/aromatic N) is 2. The Balaban J connectivity index is 1.32. The molecule has 2 aliphatic carbocycles. The maximum absolute atomic E-state index is 13.9. The van der Waals surface area contributed by atoms with Crippen LogP contribution in [-0.4, -0.2) is 71.7 Å². The van der Waals surface area contributed by atoms with Crippen molar-refractivity contribution in [2.45, 2.75) is 56.1 Å². The van der Waals surface area contributed by atoms with Gasteiger partial charge in [-0.3, -0.25) is 9.69 Å². The van der Waals surface area contributed by atoms with E-state index in [2.05, 4.69) is 29.6 Å². The molecule has 2 aliphatic rings. The molecule has 8 heteroatoms. The molecule has 1 unspecified atom stereocenters. The number of hydrogen-bond donors (Lipinski definition) is 2. The number of benzene rings is 3. The summed E-state index contributed by atoms with van der Waals surface area (Å²) < 4.78 is 5.76. The minimum atomic E-state index is -1.28. The number of carbonyl (C=O) groups excluding carboxylic acids is 2. The zero-order valence-electron chi connectivity index (χ0n) is 24.3. The summed E-state index contributed by atoms with van der Waals surface area (Å²) in [6, 6.07) is 25.1. The Hall–Kier alpha value is -4.17. The Morgan fingerprint density at radius 1 is 0.881 bits per heavy atom. The molecule has 8 nitrogen and oxygen atoms in total. The second-order valence-corrected chi connectivity index (χ2v) is 11.5. The molecule has 2 amide bonds. The second-order valence-electron chi connectivity index (χ2n) is 11.5. The summed E-state index contributed by atoms with van der Waals surface area (Å²) >= 11 is 0. The Morgan fingerprint density at radius 3 is 2.05 bits per heavy atom. The molecule has 3 aromatic carbocycles. The first-order chi connectivity index (χ1) is 20.3. The van der Waals surface area contributed by atoms with Crippen molar-refractivity contribution in [3.8, 4) is 11.1 Å². The average Bonchev–Trinajstić information content (AvgIpc) is 3.33. The number of carboxylic acids is 1. The van der Waals surface area contributed by atoms with E-state index in [1.165, 1.54) is 4.90 Å². The van der Waals surface area contributed by atoms with Crippen LogP contribution in [-0.2, 0) is 20.9 Å². The van der Waals surface area contributed by atoms with E-state index in [-0.39, 0.29) is 19.1 Å². The minimum Gasteiger partial charge on any atom is -0.479 e. The van der Waals surface area contributed by atoms with E-state index in [0.717, 1.165) is 47.1 Å². The smallest absolute Gasteiger partial charge is 0.407 e. The van der Waals surface area contributed by atoms with Crippen molar-refractivity contribution in [3.05, 3.63) is 95.6 Å². The van der Waals surface area contributed by atoms with Crippen molar-refractivity contribution in [1.29, 1.82) is 0 Å². The molecule has 0 bridgehead atoms. The highest BCUT2D eigenvalue weighted by molar-refractivity contribution is 5.91. The van der Waals surface area contributed by atoms with Crippen LogP contribution >= 0.6 is 0 Å². The molecule has 1 atom stereocenters. The topological polar surface area (TPSA) is 99.2 Å². The highest BCUT2D eigenvalue weighted by Gasteiger charge is 2.47. The molecule has 0 aliphatic heterocycles. The maximum atomic E-state index is 13.9. The summed E-state index contributed by atoms with van der Waals surface area (Å²) in [6.45, 7) is 0.873. The van der Waals surface area contributed by atoms with E-state index in [4.69, 9.17) is 4.74 Å². The predicted octanol–water partition coefficient (Wildman–Crippen LogP) is 5.27. The predicted molar refractivity (Wildman–Crippen MR) is 161 cm³/mol. The third kappa shape index (κ3) is 6.04. The van der Waals surface area contributed by atoms with Crippen molar-refractivity contribution in [3.63, 3.8) is 0 Å². The lowest BCUT2D eigenvalue weighted by Gasteiger charge is -2.42. The molecule has 1 saturated carbocycles. The van der Waals surface area contributed by atoms with Crippen molar-refractivity contribution < 1.29 is 24.2 Å². The largest absolute Gasteiger partial charge is 0.479 e. The van der Waals surface area contributed by atoms with Crippen molar-refractivity contribution in [2.24, 2.45) is 0 Å². The van der Waals surface area contributed by atoms with E-state index in [1.807, 2.05) is 66.5 Å². The van der Waals surface area contributed by atoms with Crippen LogP contribution in [0.2, 0.25) is 0 Å². The van der Waals surface area contributed by atoms with Crippen molar-refractivity contribution >= 4 is 18.0 Å². The number of carbonyl (C=O) groups is 3. The molecule has 5 rings (SSSR count). The van der Waals surface area contributed by atoms with Crippen molar-refractivity contribution in [1.82, 2.24) is 15.1 Å². The molecular formula is C34H39N3O5. The van der Waals surface area contributed by atoms with Crippen LogP contribution in [0.4, 0.5) is 4.79 Å². The Bertz CT molecular complexity index is 1370. The fraction of sp³-hybridized carbons (Fsp3) is 0.382. The van der Waals surface area contributed by atoms with Gasteiger partial charge in [-0.2, -0.15) is 0 Å². The number of rotatable bonds is 10. The van der Waals surface area contributed by atoms with Gasteiger partial charge in [0, 0.05) is 26.1 Å². The number of fused-ring (bicyclic) bond motifs is 3. The highest BCUT2D eigenvalue weighted by Crippen LogP contribution is 2.44.